The van der Waals surface area contributed by atoms with Crippen molar-refractivity contribution < 1.29 is 26.3 Å². The third-order valence-corrected chi connectivity index (χ3v) is 6.16. The third kappa shape index (κ3) is 4.60. The van der Waals surface area contributed by atoms with Crippen LogP contribution in [-0.4, -0.2) is 26.5 Å². The number of nitrogens with one attached hydrogen (secondary N) is 1. The molecule has 3 aromatic rings. The Morgan fingerprint density at radius 1 is 1.09 bits per heavy atom. The van der Waals surface area contributed by atoms with Crippen LogP contribution >= 0.6 is 11.6 Å². The van der Waals surface area contributed by atoms with E-state index < -0.39 is 36.0 Å². The molecule has 0 radical (unpaired) electrons. The van der Waals surface area contributed by atoms with Gasteiger partial charge in [0, 0.05) is 28.2 Å². The van der Waals surface area contributed by atoms with E-state index in [2.05, 4.69) is 19.9 Å². The van der Waals surface area contributed by atoms with E-state index in [-0.39, 0.29) is 12.5 Å². The lowest BCUT2D eigenvalue weighted by molar-refractivity contribution is -0.155. The van der Waals surface area contributed by atoms with E-state index in [4.69, 9.17) is 11.6 Å². The first kappa shape index (κ1) is 23.6. The monoisotopic (exact) mass is 491 g/mol. The van der Waals surface area contributed by atoms with Gasteiger partial charge in [-0.25, -0.2) is 4.98 Å². The van der Waals surface area contributed by atoms with Crippen molar-refractivity contribution >= 4 is 28.5 Å². The lowest BCUT2D eigenvalue weighted by atomic mass is 9.90. The first-order valence-electron chi connectivity index (χ1n) is 10.4. The van der Waals surface area contributed by atoms with Gasteiger partial charge in [0.25, 0.3) is 0 Å². The Labute approximate surface area is 190 Å². The number of hydrogen-bond donors (Lipinski definition) is 1. The molecule has 1 aromatic carbocycles. The summed E-state index contributed by atoms with van der Waals surface area (Å²) in [6, 6.07) is 4.77. The highest BCUT2D eigenvalue weighted by atomic mass is 35.5. The van der Waals surface area contributed by atoms with E-state index in [0.29, 0.717) is 17.9 Å². The predicted octanol–water partition coefficient (Wildman–Crippen LogP) is 6.58. The molecule has 2 aromatic heterocycles. The van der Waals surface area contributed by atoms with Crippen LogP contribution in [0.1, 0.15) is 55.6 Å². The van der Waals surface area contributed by atoms with Gasteiger partial charge in [-0.2, -0.15) is 36.3 Å². The van der Waals surface area contributed by atoms with Crippen LogP contribution < -0.4 is 4.90 Å². The van der Waals surface area contributed by atoms with Crippen LogP contribution in [0.25, 0.3) is 10.9 Å². The number of rotatable bonds is 4. The zero-order valence-electron chi connectivity index (χ0n) is 17.6. The van der Waals surface area contributed by atoms with Gasteiger partial charge in [-0.05, 0) is 42.5 Å². The highest BCUT2D eigenvalue weighted by molar-refractivity contribution is 6.31. The Morgan fingerprint density at radius 2 is 1.73 bits per heavy atom. The van der Waals surface area contributed by atoms with Crippen molar-refractivity contribution in [1.29, 1.82) is 0 Å². The number of anilines is 1. The van der Waals surface area contributed by atoms with Gasteiger partial charge in [-0.1, -0.05) is 31.9 Å². The summed E-state index contributed by atoms with van der Waals surface area (Å²) in [6.07, 6.45) is -8.66. The molecule has 0 saturated carbocycles. The maximum atomic E-state index is 13.3. The molecule has 0 fully saturated rings. The highest BCUT2D eigenvalue weighted by Gasteiger charge is 2.43. The molecule has 33 heavy (non-hydrogen) atoms. The zero-order valence-corrected chi connectivity index (χ0v) is 18.4. The SMILES string of the molecule is CC[C@@H](C)C[C@H]1c2[nH]c3ccc(Cl)cc3c2CCN1c1nc(C(F)(F)F)nc(C(F)(F)F)n1. The largest absolute Gasteiger partial charge is 0.451 e. The number of halogens is 7. The molecule has 1 N–H and O–H groups in total. The summed E-state index contributed by atoms with van der Waals surface area (Å²) >= 11 is 6.14. The van der Waals surface area contributed by atoms with Gasteiger partial charge >= 0.3 is 12.4 Å². The van der Waals surface area contributed by atoms with Crippen LogP contribution in [0.4, 0.5) is 32.3 Å². The fraction of sp³-hybridized carbons (Fsp3) is 0.476. The van der Waals surface area contributed by atoms with Gasteiger partial charge in [-0.15, -0.1) is 0 Å². The van der Waals surface area contributed by atoms with E-state index in [0.717, 1.165) is 28.6 Å². The van der Waals surface area contributed by atoms with Gasteiger partial charge in [0.2, 0.25) is 17.6 Å². The predicted molar refractivity (Wildman–Crippen MR) is 111 cm³/mol. The molecule has 0 unspecified atom stereocenters. The molecule has 5 nitrogen and oxygen atoms in total. The minimum absolute atomic E-state index is 0.143. The first-order chi connectivity index (χ1) is 15.4. The standard InChI is InChI=1S/C21H20ClF6N5/c1-3-10(2)8-15-16-12(13-9-11(22)4-5-14(13)29-16)6-7-33(15)19-31-17(20(23,24)25)30-18(32-19)21(26,27)28/h4-5,9-10,15,29H,3,6-8H2,1-2H3/t10-,15+/m1/s1. The minimum atomic E-state index is -5.15. The maximum absolute atomic E-state index is 13.3. The van der Waals surface area contributed by atoms with E-state index >= 15 is 0 Å². The quantitative estimate of drug-likeness (QED) is 0.419. The number of alkyl halides is 6. The molecule has 0 amide bonds. The molecule has 3 heterocycles. The molecule has 4 rings (SSSR count). The molecule has 1 aliphatic heterocycles. The van der Waals surface area contributed by atoms with Crippen molar-refractivity contribution in [3.63, 3.8) is 0 Å². The second kappa shape index (κ2) is 8.34. The Morgan fingerprint density at radius 3 is 2.30 bits per heavy atom. The van der Waals surface area contributed by atoms with Crippen LogP contribution in [0.5, 0.6) is 0 Å². The average molecular weight is 492 g/mol. The van der Waals surface area contributed by atoms with Crippen molar-refractivity contribution in [2.24, 2.45) is 5.92 Å². The van der Waals surface area contributed by atoms with Crippen molar-refractivity contribution in [3.05, 3.63) is 46.1 Å². The number of aromatic amines is 1. The van der Waals surface area contributed by atoms with E-state index in [9.17, 15) is 26.3 Å². The summed E-state index contributed by atoms with van der Waals surface area (Å²) in [5, 5.41) is 1.42. The van der Waals surface area contributed by atoms with Crippen molar-refractivity contribution in [3.8, 4) is 0 Å². The van der Waals surface area contributed by atoms with E-state index in [1.54, 1.807) is 18.2 Å². The summed E-state index contributed by atoms with van der Waals surface area (Å²) in [5.74, 6) is -4.22. The number of hydrogen-bond acceptors (Lipinski definition) is 4. The summed E-state index contributed by atoms with van der Waals surface area (Å²) in [4.78, 5) is 14.2. The molecule has 0 saturated heterocycles. The Bertz CT molecular complexity index is 1140. The van der Waals surface area contributed by atoms with Gasteiger partial charge in [0.1, 0.15) is 0 Å². The third-order valence-electron chi connectivity index (χ3n) is 5.92. The summed E-state index contributed by atoms with van der Waals surface area (Å²) in [5.41, 5.74) is 2.46. The Hall–Kier alpha value is -2.56. The van der Waals surface area contributed by atoms with E-state index in [1.165, 1.54) is 4.90 Å². The lowest BCUT2D eigenvalue weighted by Gasteiger charge is -2.37. The van der Waals surface area contributed by atoms with Gasteiger partial charge in [0.15, 0.2) is 0 Å². The van der Waals surface area contributed by atoms with Crippen LogP contribution in [0, 0.1) is 5.92 Å². The van der Waals surface area contributed by atoms with Gasteiger partial charge in [-0.3, -0.25) is 0 Å². The Kier molecular flexibility index (Phi) is 5.96. The summed E-state index contributed by atoms with van der Waals surface area (Å²) in [6.45, 7) is 4.09. The molecule has 2 atom stereocenters. The number of H-pyrrole nitrogens is 1. The highest BCUT2D eigenvalue weighted by Crippen LogP contribution is 2.41. The number of nitrogens with zero attached hydrogens (tertiary/aromatic N) is 4. The second-order valence-corrected chi connectivity index (χ2v) is 8.63. The second-order valence-electron chi connectivity index (χ2n) is 8.19. The fourth-order valence-electron chi connectivity index (χ4n) is 4.12. The topological polar surface area (TPSA) is 57.7 Å². The maximum Gasteiger partial charge on any atom is 0.451 e. The molecular weight excluding hydrogens is 472 g/mol. The number of fused-ring (bicyclic) bond motifs is 3. The molecule has 1 aliphatic rings. The summed E-state index contributed by atoms with van der Waals surface area (Å²) < 4.78 is 79.9. The van der Waals surface area contributed by atoms with Crippen molar-refractivity contribution in [1.82, 2.24) is 19.9 Å². The summed E-state index contributed by atoms with van der Waals surface area (Å²) in [7, 11) is 0. The first-order valence-corrected chi connectivity index (χ1v) is 10.7. The molecular formula is C21H20ClF6N5. The van der Waals surface area contributed by atoms with Crippen LogP contribution in [0.2, 0.25) is 5.02 Å². The van der Waals surface area contributed by atoms with Crippen molar-refractivity contribution in [2.45, 2.75) is 51.5 Å². The minimum Gasteiger partial charge on any atom is -0.356 e. The average Bonchev–Trinajstić information content (AvgIpc) is 3.10. The van der Waals surface area contributed by atoms with Crippen LogP contribution in [0.3, 0.4) is 0 Å². The fourth-order valence-corrected chi connectivity index (χ4v) is 4.29. The Balaban J connectivity index is 1.87. The smallest absolute Gasteiger partial charge is 0.356 e. The van der Waals surface area contributed by atoms with Gasteiger partial charge in [0.05, 0.1) is 6.04 Å². The van der Waals surface area contributed by atoms with Gasteiger partial charge < -0.3 is 9.88 Å². The molecule has 0 aliphatic carbocycles. The number of aromatic nitrogens is 4. The van der Waals surface area contributed by atoms with E-state index in [1.807, 2.05) is 13.8 Å². The lowest BCUT2D eigenvalue weighted by Crippen LogP contribution is -2.38. The van der Waals surface area contributed by atoms with Crippen LogP contribution in [0.15, 0.2) is 18.2 Å². The molecule has 178 valence electrons. The molecule has 0 spiro atoms. The molecule has 12 heteroatoms. The zero-order chi connectivity index (χ0) is 24.1. The van der Waals surface area contributed by atoms with Crippen LogP contribution in [-0.2, 0) is 18.8 Å². The normalized spacial score (nSPS) is 18.0. The molecule has 0 bridgehead atoms. The number of benzene rings is 1. The van der Waals surface area contributed by atoms with Crippen molar-refractivity contribution in [2.75, 3.05) is 11.4 Å².